The summed E-state index contributed by atoms with van der Waals surface area (Å²) in [6, 6.07) is 12.5. The zero-order chi connectivity index (χ0) is 18.7. The van der Waals surface area contributed by atoms with Crippen molar-refractivity contribution < 1.29 is 19.4 Å². The highest BCUT2D eigenvalue weighted by Crippen LogP contribution is 2.21. The maximum Gasteiger partial charge on any atom is 0.323 e. The second-order valence-electron chi connectivity index (χ2n) is 5.92. The van der Waals surface area contributed by atoms with Crippen molar-refractivity contribution in [2.75, 3.05) is 14.2 Å². The summed E-state index contributed by atoms with van der Waals surface area (Å²) in [6.07, 6.45) is 1.99. The average molecular weight is 353 g/mol. The molecule has 0 spiro atoms. The van der Waals surface area contributed by atoms with E-state index >= 15 is 0 Å². The molecule has 0 saturated carbocycles. The minimum absolute atomic E-state index is 0.136. The van der Waals surface area contributed by atoms with Gasteiger partial charge in [-0.05, 0) is 35.9 Å². The monoisotopic (exact) mass is 353 g/mol. The number of benzene rings is 2. The van der Waals surface area contributed by atoms with Crippen LogP contribution < -0.4 is 14.9 Å². The lowest BCUT2D eigenvalue weighted by Crippen LogP contribution is -2.18. The van der Waals surface area contributed by atoms with E-state index in [4.69, 9.17) is 9.47 Å². The van der Waals surface area contributed by atoms with E-state index in [-0.39, 0.29) is 12.0 Å². The van der Waals surface area contributed by atoms with E-state index in [9.17, 15) is 14.7 Å². The van der Waals surface area contributed by atoms with Gasteiger partial charge in [0, 0.05) is 23.6 Å². The van der Waals surface area contributed by atoms with Crippen LogP contribution in [0, 0.1) is 0 Å². The van der Waals surface area contributed by atoms with E-state index in [0.29, 0.717) is 34.4 Å². The van der Waals surface area contributed by atoms with Crippen molar-refractivity contribution in [1.29, 1.82) is 0 Å². The Kier molecular flexibility index (Phi) is 4.93. The molecule has 0 radical (unpaired) electrons. The Morgan fingerprint density at radius 1 is 1.08 bits per heavy atom. The van der Waals surface area contributed by atoms with Crippen LogP contribution >= 0.6 is 0 Å². The third-order valence-electron chi connectivity index (χ3n) is 4.20. The molecule has 0 bridgehead atoms. The van der Waals surface area contributed by atoms with E-state index in [2.05, 4.69) is 0 Å². The van der Waals surface area contributed by atoms with Crippen LogP contribution in [-0.4, -0.2) is 29.9 Å². The van der Waals surface area contributed by atoms with Crippen LogP contribution in [0.2, 0.25) is 0 Å². The lowest BCUT2D eigenvalue weighted by molar-refractivity contribution is -0.137. The van der Waals surface area contributed by atoms with Crippen molar-refractivity contribution in [2.45, 2.75) is 13.0 Å². The average Bonchev–Trinajstić information content (AvgIpc) is 2.64. The molecule has 0 amide bonds. The first-order valence-electron chi connectivity index (χ1n) is 8.06. The molecule has 6 nitrogen and oxygen atoms in total. The Morgan fingerprint density at radius 2 is 1.81 bits per heavy atom. The molecule has 3 aromatic rings. The van der Waals surface area contributed by atoms with Crippen LogP contribution in [0.15, 0.2) is 53.5 Å². The summed E-state index contributed by atoms with van der Waals surface area (Å²) in [5, 5.41) is 9.64. The molecule has 0 fully saturated rings. The standard InChI is InChI=1S/C20H19NO5/c1-25-15-5-3-4-13(9-15)8-14-11-21(12-19(22)23)18-7-6-16(26-2)10-17(18)20(14)24/h3-7,9-11H,8,12H2,1-2H3,(H,22,23). The fourth-order valence-electron chi connectivity index (χ4n) is 2.97. The van der Waals surface area contributed by atoms with Crippen LogP contribution in [-0.2, 0) is 17.8 Å². The third-order valence-corrected chi connectivity index (χ3v) is 4.20. The second-order valence-corrected chi connectivity index (χ2v) is 5.92. The lowest BCUT2D eigenvalue weighted by atomic mass is 10.0. The Balaban J connectivity index is 2.15. The number of nitrogens with zero attached hydrogens (tertiary/aromatic N) is 1. The van der Waals surface area contributed by atoms with Crippen molar-refractivity contribution in [1.82, 2.24) is 4.57 Å². The van der Waals surface area contributed by atoms with Gasteiger partial charge in [-0.1, -0.05) is 12.1 Å². The highest BCUT2D eigenvalue weighted by molar-refractivity contribution is 5.82. The lowest BCUT2D eigenvalue weighted by Gasteiger charge is -2.13. The Morgan fingerprint density at radius 3 is 2.50 bits per heavy atom. The minimum Gasteiger partial charge on any atom is -0.497 e. The number of rotatable bonds is 6. The van der Waals surface area contributed by atoms with E-state index < -0.39 is 5.97 Å². The second kappa shape index (κ2) is 7.31. The minimum atomic E-state index is -0.974. The third kappa shape index (κ3) is 3.54. The molecule has 0 atom stereocenters. The largest absolute Gasteiger partial charge is 0.497 e. The number of methoxy groups -OCH3 is 2. The number of aromatic nitrogens is 1. The molecule has 3 rings (SSSR count). The molecule has 1 N–H and O–H groups in total. The Labute approximate surface area is 150 Å². The molecule has 0 unspecified atom stereocenters. The summed E-state index contributed by atoms with van der Waals surface area (Å²) < 4.78 is 12.0. The number of pyridine rings is 1. The summed E-state index contributed by atoms with van der Waals surface area (Å²) in [5.74, 6) is 0.281. The summed E-state index contributed by atoms with van der Waals surface area (Å²) >= 11 is 0. The van der Waals surface area contributed by atoms with Gasteiger partial charge in [0.1, 0.15) is 18.0 Å². The van der Waals surface area contributed by atoms with Crippen molar-refractivity contribution in [3.05, 3.63) is 70.0 Å². The van der Waals surface area contributed by atoms with Crippen LogP contribution in [0.25, 0.3) is 10.9 Å². The van der Waals surface area contributed by atoms with Gasteiger partial charge in [-0.3, -0.25) is 9.59 Å². The molecule has 6 heteroatoms. The molecule has 0 aliphatic rings. The molecule has 0 aliphatic heterocycles. The summed E-state index contributed by atoms with van der Waals surface area (Å²) in [6.45, 7) is -0.228. The predicted molar refractivity (Wildman–Crippen MR) is 98.2 cm³/mol. The maximum absolute atomic E-state index is 12.9. The number of fused-ring (bicyclic) bond motifs is 1. The first-order valence-corrected chi connectivity index (χ1v) is 8.06. The molecule has 0 saturated heterocycles. The Bertz CT molecular complexity index is 1020. The van der Waals surface area contributed by atoms with Gasteiger partial charge in [-0.15, -0.1) is 0 Å². The number of aliphatic carboxylic acids is 1. The van der Waals surface area contributed by atoms with Gasteiger partial charge >= 0.3 is 5.97 Å². The first kappa shape index (κ1) is 17.5. The number of carboxylic acids is 1. The number of hydrogen-bond acceptors (Lipinski definition) is 4. The molecule has 134 valence electrons. The zero-order valence-electron chi connectivity index (χ0n) is 14.6. The van der Waals surface area contributed by atoms with Gasteiger partial charge in [-0.25, -0.2) is 0 Å². The highest BCUT2D eigenvalue weighted by atomic mass is 16.5. The number of carbonyl (C=O) groups is 1. The fourth-order valence-corrected chi connectivity index (χ4v) is 2.97. The van der Waals surface area contributed by atoms with Gasteiger partial charge in [0.25, 0.3) is 0 Å². The van der Waals surface area contributed by atoms with Crippen molar-refractivity contribution in [3.63, 3.8) is 0 Å². The van der Waals surface area contributed by atoms with Crippen LogP contribution in [0.3, 0.4) is 0 Å². The normalized spacial score (nSPS) is 10.7. The van der Waals surface area contributed by atoms with Gasteiger partial charge in [0.2, 0.25) is 0 Å². The smallest absolute Gasteiger partial charge is 0.323 e. The maximum atomic E-state index is 12.9. The summed E-state index contributed by atoms with van der Waals surface area (Å²) in [4.78, 5) is 24.2. The zero-order valence-corrected chi connectivity index (χ0v) is 14.6. The van der Waals surface area contributed by atoms with E-state index in [1.54, 1.807) is 36.1 Å². The molecule has 0 aliphatic carbocycles. The Hall–Kier alpha value is -3.28. The van der Waals surface area contributed by atoms with Gasteiger partial charge < -0.3 is 19.1 Å². The SMILES string of the molecule is COc1cccc(Cc2cn(CC(=O)O)c3ccc(OC)cc3c2=O)c1. The van der Waals surface area contributed by atoms with E-state index in [1.165, 1.54) is 7.11 Å². The van der Waals surface area contributed by atoms with Crippen molar-refractivity contribution in [3.8, 4) is 11.5 Å². The molecule has 2 aromatic carbocycles. The van der Waals surface area contributed by atoms with Crippen LogP contribution in [0.1, 0.15) is 11.1 Å². The number of carboxylic acid groups (broad SMARTS) is 1. The molecule has 26 heavy (non-hydrogen) atoms. The number of ether oxygens (including phenoxy) is 2. The molecular formula is C20H19NO5. The van der Waals surface area contributed by atoms with Crippen molar-refractivity contribution in [2.24, 2.45) is 0 Å². The molecular weight excluding hydrogens is 334 g/mol. The van der Waals surface area contributed by atoms with Gasteiger partial charge in [0.15, 0.2) is 5.43 Å². The van der Waals surface area contributed by atoms with Crippen LogP contribution in [0.5, 0.6) is 11.5 Å². The summed E-state index contributed by atoms with van der Waals surface area (Å²) in [5.41, 5.74) is 1.85. The van der Waals surface area contributed by atoms with E-state index in [1.807, 2.05) is 24.3 Å². The molecule has 1 aromatic heterocycles. The van der Waals surface area contributed by atoms with Gasteiger partial charge in [-0.2, -0.15) is 0 Å². The van der Waals surface area contributed by atoms with Gasteiger partial charge in [0.05, 0.1) is 19.7 Å². The highest BCUT2D eigenvalue weighted by Gasteiger charge is 2.13. The fraction of sp³-hybridized carbons (Fsp3) is 0.200. The predicted octanol–water partition coefficient (Wildman–Crippen LogP) is 2.69. The van der Waals surface area contributed by atoms with Crippen LogP contribution in [0.4, 0.5) is 0 Å². The summed E-state index contributed by atoms with van der Waals surface area (Å²) in [7, 11) is 3.11. The van der Waals surface area contributed by atoms with E-state index in [0.717, 1.165) is 5.56 Å². The molecule has 1 heterocycles. The topological polar surface area (TPSA) is 77.8 Å². The van der Waals surface area contributed by atoms with Crippen molar-refractivity contribution >= 4 is 16.9 Å². The number of hydrogen-bond donors (Lipinski definition) is 1. The quantitative estimate of drug-likeness (QED) is 0.737. The first-order chi connectivity index (χ1) is 12.5.